The van der Waals surface area contributed by atoms with Gasteiger partial charge in [0.1, 0.15) is 0 Å². The number of hydrogen-bond donors (Lipinski definition) is 2. The number of fused-ring (bicyclic) bond motifs is 2. The van der Waals surface area contributed by atoms with Gasteiger partial charge >= 0.3 is 0 Å². The van der Waals surface area contributed by atoms with Gasteiger partial charge in [0, 0.05) is 31.7 Å². The number of nitrogens with zero attached hydrogens (tertiary/aromatic N) is 1. The van der Waals surface area contributed by atoms with E-state index in [1.54, 1.807) is 0 Å². The number of halogens is 1. The molecule has 0 aliphatic carbocycles. The van der Waals surface area contributed by atoms with Gasteiger partial charge in [-0.25, -0.2) is 0 Å². The Labute approximate surface area is 73.2 Å². The van der Waals surface area contributed by atoms with Gasteiger partial charge in [0.05, 0.1) is 6.61 Å². The van der Waals surface area contributed by atoms with Crippen LogP contribution >= 0.6 is 12.4 Å². The minimum atomic E-state index is 0. The van der Waals surface area contributed by atoms with E-state index in [4.69, 9.17) is 5.11 Å². The van der Waals surface area contributed by atoms with E-state index in [9.17, 15) is 0 Å². The summed E-state index contributed by atoms with van der Waals surface area (Å²) < 4.78 is 0. The fourth-order valence-electron chi connectivity index (χ4n) is 2.05. The molecule has 0 aromatic rings. The van der Waals surface area contributed by atoms with E-state index in [1.807, 2.05) is 0 Å². The molecule has 0 aromatic carbocycles. The Bertz CT molecular complexity index is 134. The van der Waals surface area contributed by atoms with Gasteiger partial charge in [-0.2, -0.15) is 0 Å². The van der Waals surface area contributed by atoms with E-state index in [2.05, 4.69) is 10.2 Å². The highest BCUT2D eigenvalue weighted by molar-refractivity contribution is 5.85. The molecule has 2 bridgehead atoms. The predicted octanol–water partition coefficient (Wildman–Crippen LogP) is -0.553. The lowest BCUT2D eigenvalue weighted by Crippen LogP contribution is -2.44. The van der Waals surface area contributed by atoms with Crippen LogP contribution in [0.5, 0.6) is 0 Å². The first kappa shape index (κ1) is 9.26. The summed E-state index contributed by atoms with van der Waals surface area (Å²) in [5.41, 5.74) is 0. The van der Waals surface area contributed by atoms with Crippen molar-refractivity contribution in [1.29, 1.82) is 0 Å². The van der Waals surface area contributed by atoms with Gasteiger partial charge in [-0.05, 0) is 6.42 Å². The van der Waals surface area contributed by atoms with E-state index in [-0.39, 0.29) is 12.4 Å². The molecule has 2 saturated heterocycles. The summed E-state index contributed by atoms with van der Waals surface area (Å²) in [5, 5.41) is 12.1. The smallest absolute Gasteiger partial charge is 0.0558 e. The van der Waals surface area contributed by atoms with Crippen LogP contribution in [0, 0.1) is 0 Å². The molecule has 66 valence electrons. The Kier molecular flexibility index (Phi) is 3.13. The van der Waals surface area contributed by atoms with Crippen molar-refractivity contribution < 1.29 is 5.11 Å². The second-order valence-corrected chi connectivity index (χ2v) is 3.21. The summed E-state index contributed by atoms with van der Waals surface area (Å²) in [7, 11) is 0. The van der Waals surface area contributed by atoms with Crippen molar-refractivity contribution in [3.63, 3.8) is 0 Å². The third-order valence-corrected chi connectivity index (χ3v) is 2.56. The molecule has 2 atom stereocenters. The summed E-state index contributed by atoms with van der Waals surface area (Å²) in [6, 6.07) is 1.44. The molecule has 2 fully saturated rings. The molecular weight excluding hydrogens is 164 g/mol. The molecule has 11 heavy (non-hydrogen) atoms. The monoisotopic (exact) mass is 178 g/mol. The molecule has 4 heteroatoms. The van der Waals surface area contributed by atoms with Crippen LogP contribution in [0.3, 0.4) is 0 Å². The molecule has 0 radical (unpaired) electrons. The van der Waals surface area contributed by atoms with Crippen molar-refractivity contribution in [1.82, 2.24) is 10.2 Å². The highest BCUT2D eigenvalue weighted by atomic mass is 35.5. The first-order valence-corrected chi connectivity index (χ1v) is 3.98. The predicted molar refractivity (Wildman–Crippen MR) is 46.1 cm³/mol. The zero-order valence-electron chi connectivity index (χ0n) is 6.49. The van der Waals surface area contributed by atoms with Gasteiger partial charge in [-0.3, -0.25) is 4.90 Å². The minimum Gasteiger partial charge on any atom is -0.395 e. The van der Waals surface area contributed by atoms with Crippen molar-refractivity contribution in [2.75, 3.05) is 26.2 Å². The Morgan fingerprint density at radius 3 is 2.82 bits per heavy atom. The summed E-state index contributed by atoms with van der Waals surface area (Å²) >= 11 is 0. The summed E-state index contributed by atoms with van der Waals surface area (Å²) in [6.07, 6.45) is 1.29. The number of rotatable bonds is 2. The lowest BCUT2D eigenvalue weighted by molar-refractivity contribution is 0.170. The van der Waals surface area contributed by atoms with E-state index < -0.39 is 0 Å². The number of piperazine rings is 1. The van der Waals surface area contributed by atoms with E-state index in [0.29, 0.717) is 6.61 Å². The fraction of sp³-hybridized carbons (Fsp3) is 1.00. The second-order valence-electron chi connectivity index (χ2n) is 3.21. The third-order valence-electron chi connectivity index (χ3n) is 2.56. The molecule has 2 aliphatic heterocycles. The Morgan fingerprint density at radius 2 is 2.36 bits per heavy atom. The largest absolute Gasteiger partial charge is 0.395 e. The topological polar surface area (TPSA) is 35.5 Å². The lowest BCUT2D eigenvalue weighted by Gasteiger charge is -2.25. The van der Waals surface area contributed by atoms with E-state index >= 15 is 0 Å². The van der Waals surface area contributed by atoms with Crippen LogP contribution in [0.1, 0.15) is 6.42 Å². The molecular formula is C7H15ClN2O. The second kappa shape index (κ2) is 3.72. The highest BCUT2D eigenvalue weighted by Crippen LogP contribution is 2.21. The summed E-state index contributed by atoms with van der Waals surface area (Å²) in [5.74, 6) is 0. The van der Waals surface area contributed by atoms with Crippen LogP contribution in [0.25, 0.3) is 0 Å². The zero-order chi connectivity index (χ0) is 6.97. The van der Waals surface area contributed by atoms with Gasteiger partial charge in [-0.15, -0.1) is 12.4 Å². The SMILES string of the molecule is Cl.OCCN1C[C@@H]2C[C@H]1CN2. The molecule has 0 aromatic heterocycles. The number of β-amino-alcohol motifs (C(OH)–C–C–N with tert-alkyl or cyclic N) is 1. The van der Waals surface area contributed by atoms with Crippen molar-refractivity contribution in [3.8, 4) is 0 Å². The Morgan fingerprint density at radius 1 is 1.55 bits per heavy atom. The van der Waals surface area contributed by atoms with E-state index in [0.717, 1.165) is 31.7 Å². The van der Waals surface area contributed by atoms with Gasteiger partial charge in [0.15, 0.2) is 0 Å². The van der Waals surface area contributed by atoms with Gasteiger partial charge in [0.25, 0.3) is 0 Å². The van der Waals surface area contributed by atoms with Crippen molar-refractivity contribution in [2.24, 2.45) is 0 Å². The molecule has 0 spiro atoms. The number of likely N-dealkylation sites (tertiary alicyclic amines) is 1. The molecule has 0 unspecified atom stereocenters. The van der Waals surface area contributed by atoms with Crippen molar-refractivity contribution >= 4 is 12.4 Å². The highest BCUT2D eigenvalue weighted by Gasteiger charge is 2.36. The first-order chi connectivity index (χ1) is 4.90. The molecule has 0 amide bonds. The molecule has 2 heterocycles. The standard InChI is InChI=1S/C7H14N2O.ClH/c10-2-1-9-5-6-3-7(9)4-8-6;/h6-8,10H,1-5H2;1H/t6-,7-;/m0./s1. The quantitative estimate of drug-likeness (QED) is 0.596. The maximum atomic E-state index is 8.69. The number of hydrogen-bond acceptors (Lipinski definition) is 3. The van der Waals surface area contributed by atoms with Crippen LogP contribution < -0.4 is 5.32 Å². The molecule has 0 saturated carbocycles. The average Bonchev–Trinajstić information content (AvgIpc) is 2.48. The van der Waals surface area contributed by atoms with E-state index in [1.165, 1.54) is 6.42 Å². The van der Waals surface area contributed by atoms with Crippen LogP contribution in [-0.4, -0.2) is 48.3 Å². The van der Waals surface area contributed by atoms with Crippen LogP contribution in [0.15, 0.2) is 0 Å². The summed E-state index contributed by atoms with van der Waals surface area (Å²) in [4.78, 5) is 2.38. The zero-order valence-corrected chi connectivity index (χ0v) is 7.31. The molecule has 3 nitrogen and oxygen atoms in total. The van der Waals surface area contributed by atoms with Crippen molar-refractivity contribution in [2.45, 2.75) is 18.5 Å². The normalized spacial score (nSPS) is 35.7. The Hall–Kier alpha value is 0.170. The molecule has 2 rings (SSSR count). The van der Waals surface area contributed by atoms with Gasteiger partial charge < -0.3 is 10.4 Å². The van der Waals surface area contributed by atoms with Crippen LogP contribution in [0.4, 0.5) is 0 Å². The first-order valence-electron chi connectivity index (χ1n) is 3.98. The maximum Gasteiger partial charge on any atom is 0.0558 e. The van der Waals surface area contributed by atoms with Gasteiger partial charge in [0.2, 0.25) is 0 Å². The number of aliphatic hydroxyl groups excluding tert-OH is 1. The molecule has 2 N–H and O–H groups in total. The number of nitrogens with one attached hydrogen (secondary N) is 1. The maximum absolute atomic E-state index is 8.69. The van der Waals surface area contributed by atoms with Gasteiger partial charge in [-0.1, -0.05) is 0 Å². The van der Waals surface area contributed by atoms with Crippen LogP contribution in [-0.2, 0) is 0 Å². The Balaban J connectivity index is 0.000000605. The average molecular weight is 179 g/mol. The van der Waals surface area contributed by atoms with Crippen LogP contribution in [0.2, 0.25) is 0 Å². The minimum absolute atomic E-state index is 0. The molecule has 2 aliphatic rings. The number of aliphatic hydroxyl groups is 1. The van der Waals surface area contributed by atoms with Crippen molar-refractivity contribution in [3.05, 3.63) is 0 Å². The summed E-state index contributed by atoms with van der Waals surface area (Å²) in [6.45, 7) is 3.45. The fourth-order valence-corrected chi connectivity index (χ4v) is 2.05. The third kappa shape index (κ3) is 1.67. The lowest BCUT2D eigenvalue weighted by atomic mass is 10.2.